The Kier molecular flexibility index (Phi) is 6.72. The molecule has 5 heteroatoms. The van der Waals surface area contributed by atoms with E-state index in [4.69, 9.17) is 23.8 Å². The van der Waals surface area contributed by atoms with Gasteiger partial charge in [0, 0.05) is 43.7 Å². The summed E-state index contributed by atoms with van der Waals surface area (Å²) in [6.45, 7) is 4.58. The normalized spacial score (nSPS) is 19.2. The molecule has 3 aliphatic carbocycles. The van der Waals surface area contributed by atoms with Crippen molar-refractivity contribution in [2.45, 2.75) is 32.6 Å². The summed E-state index contributed by atoms with van der Waals surface area (Å²) >= 11 is 0. The third kappa shape index (κ3) is 4.81. The molecule has 0 N–H and O–H groups in total. The van der Waals surface area contributed by atoms with Crippen LogP contribution < -0.4 is 0 Å². The van der Waals surface area contributed by atoms with Crippen LogP contribution in [0.4, 0.5) is 0 Å². The van der Waals surface area contributed by atoms with Gasteiger partial charge in [-0.25, -0.2) is 15.0 Å². The molecule has 2 unspecified atom stereocenters. The Morgan fingerprint density at radius 2 is 1.44 bits per heavy atom. The van der Waals surface area contributed by atoms with E-state index in [0.717, 1.165) is 84.6 Å². The van der Waals surface area contributed by atoms with Crippen molar-refractivity contribution in [1.29, 1.82) is 0 Å². The molecular weight excluding hydrogens is 663 g/mol. The fourth-order valence-electron chi connectivity index (χ4n) is 8.67. The van der Waals surface area contributed by atoms with Crippen molar-refractivity contribution in [2.24, 2.45) is 5.41 Å². The third-order valence-corrected chi connectivity index (χ3v) is 11.6. The van der Waals surface area contributed by atoms with E-state index in [1.54, 1.807) is 0 Å². The molecular formula is C49H35N3O2. The fraction of sp³-hybridized carbons (Fsp3) is 0.122. The molecule has 2 atom stereocenters. The minimum Gasteiger partial charge on any atom is -0.456 e. The van der Waals surface area contributed by atoms with Gasteiger partial charge in [0.2, 0.25) is 0 Å². The zero-order valence-corrected chi connectivity index (χ0v) is 30.0. The van der Waals surface area contributed by atoms with Crippen molar-refractivity contribution < 1.29 is 8.83 Å². The summed E-state index contributed by atoms with van der Waals surface area (Å²) < 4.78 is 12.9. The number of hydrogen-bond donors (Lipinski definition) is 0. The van der Waals surface area contributed by atoms with E-state index in [1.165, 1.54) is 16.7 Å². The van der Waals surface area contributed by atoms with Crippen LogP contribution in [-0.4, -0.2) is 15.0 Å². The van der Waals surface area contributed by atoms with Gasteiger partial charge in [0.15, 0.2) is 17.5 Å². The Bertz CT molecular complexity index is 3040. The van der Waals surface area contributed by atoms with E-state index in [2.05, 4.69) is 135 Å². The first-order valence-electron chi connectivity index (χ1n) is 18.7. The molecule has 0 bridgehead atoms. The summed E-state index contributed by atoms with van der Waals surface area (Å²) in [5, 5.41) is 4.20. The van der Waals surface area contributed by atoms with Gasteiger partial charge in [-0.2, -0.15) is 0 Å². The molecule has 11 rings (SSSR count). The minimum atomic E-state index is -0.0315. The van der Waals surface area contributed by atoms with Gasteiger partial charge in [-0.1, -0.05) is 123 Å². The second-order valence-electron chi connectivity index (χ2n) is 15.1. The number of para-hydroxylation sites is 2. The second-order valence-corrected chi connectivity index (χ2v) is 15.1. The SMILES string of the molecule is CC1CC(c2nc(C3=CCC4(C)C=CC=CC4=C3)nc(-c3cccc4oc5c(-c6ccc7oc8ccccc8c7c6)cccc5c34)n2)=Cc2ccccc21. The molecule has 3 heterocycles. The highest BCUT2D eigenvalue weighted by Gasteiger charge is 2.30. The molecule has 3 aliphatic rings. The van der Waals surface area contributed by atoms with E-state index in [1.807, 2.05) is 24.3 Å². The molecule has 0 amide bonds. The number of hydrogen-bond acceptors (Lipinski definition) is 5. The van der Waals surface area contributed by atoms with Crippen LogP contribution in [0.1, 0.15) is 55.4 Å². The van der Waals surface area contributed by atoms with Gasteiger partial charge in [0.05, 0.1) is 0 Å². The summed E-state index contributed by atoms with van der Waals surface area (Å²) in [5.74, 6) is 2.39. The van der Waals surface area contributed by atoms with Gasteiger partial charge in [0.25, 0.3) is 0 Å². The van der Waals surface area contributed by atoms with Crippen LogP contribution in [0.15, 0.2) is 154 Å². The highest BCUT2D eigenvalue weighted by Crippen LogP contribution is 2.45. The summed E-state index contributed by atoms with van der Waals surface area (Å²) in [7, 11) is 0. The summed E-state index contributed by atoms with van der Waals surface area (Å²) in [5.41, 5.74) is 12.3. The van der Waals surface area contributed by atoms with Crippen LogP contribution in [0.25, 0.3) is 83.6 Å². The summed E-state index contributed by atoms with van der Waals surface area (Å²) in [6, 6.07) is 35.8. The third-order valence-electron chi connectivity index (χ3n) is 11.6. The Morgan fingerprint density at radius 1 is 0.667 bits per heavy atom. The zero-order valence-electron chi connectivity index (χ0n) is 30.0. The number of aromatic nitrogens is 3. The topological polar surface area (TPSA) is 65.0 Å². The number of allylic oxidation sites excluding steroid dienone is 9. The van der Waals surface area contributed by atoms with Gasteiger partial charge < -0.3 is 8.83 Å². The second kappa shape index (κ2) is 11.7. The lowest BCUT2D eigenvalue weighted by Gasteiger charge is -2.32. The highest BCUT2D eigenvalue weighted by atomic mass is 16.3. The Morgan fingerprint density at radius 3 is 2.41 bits per heavy atom. The van der Waals surface area contributed by atoms with E-state index in [0.29, 0.717) is 23.4 Å². The molecule has 0 radical (unpaired) electrons. The van der Waals surface area contributed by atoms with Crippen LogP contribution in [0.2, 0.25) is 0 Å². The molecule has 3 aromatic heterocycles. The Labute approximate surface area is 312 Å². The standard InChI is InChI=1S/C49H35N3O2/c1-29-25-33(26-30-11-3-4-13-35(29)30)47-50-46(32-22-24-49(2)23-8-7-12-34(49)27-32)51-48(52-47)39-17-10-19-43-44(39)38-16-9-15-36(45(38)54-43)31-20-21-42-40(28-31)37-14-5-6-18-41(37)53-42/h3-23,26-29H,24-25H2,1-2H3. The first kappa shape index (κ1) is 31.0. The molecule has 0 spiro atoms. The smallest absolute Gasteiger partial charge is 0.164 e. The van der Waals surface area contributed by atoms with Crippen LogP contribution in [0, 0.1) is 5.41 Å². The average Bonchev–Trinajstić information content (AvgIpc) is 3.78. The predicted octanol–water partition coefficient (Wildman–Crippen LogP) is 12.9. The maximum Gasteiger partial charge on any atom is 0.164 e. The summed E-state index contributed by atoms with van der Waals surface area (Å²) in [4.78, 5) is 15.8. The van der Waals surface area contributed by atoms with Crippen molar-refractivity contribution in [3.63, 3.8) is 0 Å². The number of nitrogens with zero attached hydrogens (tertiary/aromatic N) is 3. The molecule has 0 saturated heterocycles. The van der Waals surface area contributed by atoms with Crippen LogP contribution in [0.5, 0.6) is 0 Å². The number of benzene rings is 5. The van der Waals surface area contributed by atoms with E-state index in [9.17, 15) is 0 Å². The lowest BCUT2D eigenvalue weighted by atomic mass is 9.73. The van der Waals surface area contributed by atoms with Gasteiger partial charge in [0.1, 0.15) is 22.3 Å². The van der Waals surface area contributed by atoms with Gasteiger partial charge in [-0.3, -0.25) is 0 Å². The average molecular weight is 698 g/mol. The molecule has 0 saturated carbocycles. The first-order valence-corrected chi connectivity index (χ1v) is 18.7. The lowest BCUT2D eigenvalue weighted by molar-refractivity contribution is 0.528. The molecule has 258 valence electrons. The van der Waals surface area contributed by atoms with E-state index < -0.39 is 0 Å². The van der Waals surface area contributed by atoms with Crippen LogP contribution in [0.3, 0.4) is 0 Å². The Balaban J connectivity index is 1.10. The maximum atomic E-state index is 6.76. The lowest BCUT2D eigenvalue weighted by Crippen LogP contribution is -2.19. The van der Waals surface area contributed by atoms with E-state index >= 15 is 0 Å². The fourth-order valence-corrected chi connectivity index (χ4v) is 8.67. The number of fused-ring (bicyclic) bond motifs is 8. The van der Waals surface area contributed by atoms with Crippen molar-refractivity contribution in [3.05, 3.63) is 168 Å². The van der Waals surface area contributed by atoms with Crippen molar-refractivity contribution in [3.8, 4) is 22.5 Å². The molecule has 5 nitrogen and oxygen atoms in total. The number of furan rings is 2. The van der Waals surface area contributed by atoms with Crippen LogP contribution in [-0.2, 0) is 0 Å². The monoisotopic (exact) mass is 697 g/mol. The first-order chi connectivity index (χ1) is 26.5. The minimum absolute atomic E-state index is 0.0315. The molecule has 8 aromatic rings. The molecule has 54 heavy (non-hydrogen) atoms. The quantitative estimate of drug-likeness (QED) is 0.183. The van der Waals surface area contributed by atoms with Crippen molar-refractivity contribution in [1.82, 2.24) is 15.0 Å². The van der Waals surface area contributed by atoms with Crippen molar-refractivity contribution >= 4 is 61.1 Å². The maximum absolute atomic E-state index is 6.76. The molecule has 0 aliphatic heterocycles. The Hall–Kier alpha value is -6.59. The van der Waals surface area contributed by atoms with Gasteiger partial charge >= 0.3 is 0 Å². The molecule has 5 aromatic carbocycles. The number of rotatable bonds is 4. The van der Waals surface area contributed by atoms with Crippen LogP contribution >= 0.6 is 0 Å². The van der Waals surface area contributed by atoms with Gasteiger partial charge in [-0.05, 0) is 83.0 Å². The summed E-state index contributed by atoms with van der Waals surface area (Å²) in [6.07, 6.45) is 17.3. The van der Waals surface area contributed by atoms with Crippen molar-refractivity contribution in [2.75, 3.05) is 0 Å². The largest absolute Gasteiger partial charge is 0.456 e. The predicted molar refractivity (Wildman–Crippen MR) is 220 cm³/mol. The van der Waals surface area contributed by atoms with Gasteiger partial charge in [-0.15, -0.1) is 0 Å². The van der Waals surface area contributed by atoms with E-state index in [-0.39, 0.29) is 5.41 Å². The highest BCUT2D eigenvalue weighted by molar-refractivity contribution is 6.15. The molecule has 0 fully saturated rings. The zero-order chi connectivity index (χ0) is 36.0.